The molecule has 19 heavy (non-hydrogen) atoms. The zero-order chi connectivity index (χ0) is 14.6. The molecular formula is C13H24N2O2S2. The Balaban J connectivity index is 2.81. The molecule has 1 heterocycles. The lowest BCUT2D eigenvalue weighted by atomic mass is 9.86. The van der Waals surface area contributed by atoms with E-state index < -0.39 is 10.0 Å². The highest BCUT2D eigenvalue weighted by Gasteiger charge is 2.23. The van der Waals surface area contributed by atoms with E-state index in [1.807, 2.05) is 0 Å². The van der Waals surface area contributed by atoms with Crippen LogP contribution < -0.4 is 10.5 Å². The van der Waals surface area contributed by atoms with Crippen molar-refractivity contribution in [3.05, 3.63) is 16.3 Å². The fraction of sp³-hybridized carbons (Fsp3) is 0.692. The van der Waals surface area contributed by atoms with Gasteiger partial charge in [0.2, 0.25) is 10.0 Å². The molecule has 6 heteroatoms. The number of hydrogen-bond donors (Lipinski definition) is 2. The summed E-state index contributed by atoms with van der Waals surface area (Å²) in [7, 11) is -3.44. The summed E-state index contributed by atoms with van der Waals surface area (Å²) in [5.74, 6) is 1.22. The smallest absolute Gasteiger partial charge is 0.241 e. The van der Waals surface area contributed by atoms with Crippen molar-refractivity contribution >= 4 is 21.4 Å². The first kappa shape index (κ1) is 16.6. The van der Waals surface area contributed by atoms with Gasteiger partial charge in [-0.3, -0.25) is 0 Å². The van der Waals surface area contributed by atoms with E-state index in [1.165, 1.54) is 11.3 Å². The van der Waals surface area contributed by atoms with Crippen molar-refractivity contribution in [1.29, 1.82) is 0 Å². The molecule has 0 aliphatic carbocycles. The van der Waals surface area contributed by atoms with Gasteiger partial charge in [-0.05, 0) is 29.2 Å². The number of sulfonamides is 1. The number of thiophene rings is 1. The van der Waals surface area contributed by atoms with Gasteiger partial charge >= 0.3 is 0 Å². The number of nitrogens with one attached hydrogen (secondary N) is 1. The predicted molar refractivity (Wildman–Crippen MR) is 80.6 cm³/mol. The van der Waals surface area contributed by atoms with Crippen LogP contribution in [0.3, 0.4) is 0 Å². The second kappa shape index (κ2) is 6.83. The van der Waals surface area contributed by atoms with Crippen LogP contribution in [0.15, 0.2) is 16.3 Å². The minimum absolute atomic E-state index is 0.256. The zero-order valence-corrected chi connectivity index (χ0v) is 13.6. The third-order valence-electron chi connectivity index (χ3n) is 3.40. The molecule has 110 valence electrons. The van der Waals surface area contributed by atoms with E-state index in [1.54, 1.807) is 11.4 Å². The topological polar surface area (TPSA) is 72.2 Å². The van der Waals surface area contributed by atoms with Gasteiger partial charge < -0.3 is 5.73 Å². The van der Waals surface area contributed by atoms with E-state index in [9.17, 15) is 8.42 Å². The van der Waals surface area contributed by atoms with E-state index in [0.29, 0.717) is 34.1 Å². The Morgan fingerprint density at radius 1 is 1.26 bits per heavy atom. The molecule has 0 aliphatic heterocycles. The third kappa shape index (κ3) is 4.27. The van der Waals surface area contributed by atoms with Crippen LogP contribution >= 0.6 is 11.3 Å². The van der Waals surface area contributed by atoms with E-state index in [2.05, 4.69) is 32.4 Å². The molecule has 0 saturated carbocycles. The summed E-state index contributed by atoms with van der Waals surface area (Å²) < 4.78 is 27.2. The van der Waals surface area contributed by atoms with Gasteiger partial charge in [-0.25, -0.2) is 13.1 Å². The lowest BCUT2D eigenvalue weighted by Gasteiger charge is -2.25. The van der Waals surface area contributed by atoms with Gasteiger partial charge in [-0.1, -0.05) is 27.7 Å². The largest absolute Gasteiger partial charge is 0.326 e. The molecule has 1 aromatic rings. The van der Waals surface area contributed by atoms with Gasteiger partial charge in [-0.15, -0.1) is 11.3 Å². The van der Waals surface area contributed by atoms with Gasteiger partial charge in [0.1, 0.15) is 0 Å². The summed E-state index contributed by atoms with van der Waals surface area (Å²) in [6.45, 7) is 9.21. The monoisotopic (exact) mass is 304 g/mol. The van der Waals surface area contributed by atoms with Gasteiger partial charge in [0, 0.05) is 18.0 Å². The molecule has 0 bridgehead atoms. The first-order chi connectivity index (χ1) is 8.79. The molecule has 0 aromatic carbocycles. The Hall–Kier alpha value is -0.430. The molecule has 3 N–H and O–H groups in total. The SMILES string of the molecule is CC(C)C(CNS(=O)(=O)c1ccsc1CN)C(C)C. The normalized spacial score (nSPS) is 12.8. The molecule has 4 nitrogen and oxygen atoms in total. The Labute approximate surface area is 120 Å². The van der Waals surface area contributed by atoms with E-state index >= 15 is 0 Å². The second-order valence-corrected chi connectivity index (χ2v) is 8.15. The summed E-state index contributed by atoms with van der Waals surface area (Å²) in [5, 5.41) is 1.76. The van der Waals surface area contributed by atoms with Crippen molar-refractivity contribution in [2.75, 3.05) is 6.54 Å². The molecule has 0 atom stereocenters. The standard InChI is InChI=1S/C13H24N2O2S2/c1-9(2)11(10(3)4)8-15-19(16,17)13-5-6-18-12(13)7-14/h5-6,9-11,15H,7-8,14H2,1-4H3. The Kier molecular flexibility index (Phi) is 5.98. The molecule has 0 aliphatic rings. The van der Waals surface area contributed by atoms with Crippen molar-refractivity contribution in [3.8, 4) is 0 Å². The van der Waals surface area contributed by atoms with Crippen LogP contribution in [-0.2, 0) is 16.6 Å². The zero-order valence-electron chi connectivity index (χ0n) is 12.0. The van der Waals surface area contributed by atoms with Crippen molar-refractivity contribution in [1.82, 2.24) is 4.72 Å². The lowest BCUT2D eigenvalue weighted by molar-refractivity contribution is 0.289. The third-order valence-corrected chi connectivity index (χ3v) is 5.98. The summed E-state index contributed by atoms with van der Waals surface area (Å²) >= 11 is 1.38. The van der Waals surface area contributed by atoms with Crippen LogP contribution in [-0.4, -0.2) is 15.0 Å². The first-order valence-corrected chi connectivity index (χ1v) is 8.92. The number of rotatable bonds is 7. The molecule has 1 rings (SSSR count). The second-order valence-electron chi connectivity index (χ2n) is 5.42. The first-order valence-electron chi connectivity index (χ1n) is 6.55. The molecule has 0 unspecified atom stereocenters. The van der Waals surface area contributed by atoms with Gasteiger partial charge in [0.05, 0.1) is 4.90 Å². The Morgan fingerprint density at radius 3 is 2.32 bits per heavy atom. The average Bonchev–Trinajstić information content (AvgIpc) is 2.76. The minimum atomic E-state index is -3.44. The predicted octanol–water partition coefficient (Wildman–Crippen LogP) is 2.41. The molecule has 0 spiro atoms. The molecule has 0 radical (unpaired) electrons. The molecule has 1 aromatic heterocycles. The maximum atomic E-state index is 12.3. The maximum Gasteiger partial charge on any atom is 0.241 e. The van der Waals surface area contributed by atoms with Crippen molar-refractivity contribution in [2.24, 2.45) is 23.5 Å². The van der Waals surface area contributed by atoms with Crippen LogP contribution in [0.4, 0.5) is 0 Å². The Morgan fingerprint density at radius 2 is 1.84 bits per heavy atom. The van der Waals surface area contributed by atoms with Crippen LogP contribution in [0, 0.1) is 17.8 Å². The van der Waals surface area contributed by atoms with Crippen LogP contribution in [0.1, 0.15) is 32.6 Å². The summed E-state index contributed by atoms with van der Waals surface area (Å²) in [6.07, 6.45) is 0. The van der Waals surface area contributed by atoms with E-state index in [0.717, 1.165) is 0 Å². The van der Waals surface area contributed by atoms with E-state index in [-0.39, 0.29) is 6.54 Å². The Bertz CT molecular complexity index is 484. The molecule has 0 fully saturated rings. The maximum absolute atomic E-state index is 12.3. The van der Waals surface area contributed by atoms with Gasteiger partial charge in [0.25, 0.3) is 0 Å². The highest BCUT2D eigenvalue weighted by molar-refractivity contribution is 7.89. The fourth-order valence-electron chi connectivity index (χ4n) is 2.24. The highest BCUT2D eigenvalue weighted by atomic mass is 32.2. The van der Waals surface area contributed by atoms with E-state index in [4.69, 9.17) is 5.73 Å². The highest BCUT2D eigenvalue weighted by Crippen LogP contribution is 2.23. The lowest BCUT2D eigenvalue weighted by Crippen LogP contribution is -2.34. The minimum Gasteiger partial charge on any atom is -0.326 e. The summed E-state index contributed by atoms with van der Waals surface area (Å²) in [6, 6.07) is 1.62. The van der Waals surface area contributed by atoms with Crippen LogP contribution in [0.25, 0.3) is 0 Å². The van der Waals surface area contributed by atoms with Crippen molar-refractivity contribution in [3.63, 3.8) is 0 Å². The quantitative estimate of drug-likeness (QED) is 0.812. The summed E-state index contributed by atoms with van der Waals surface area (Å²) in [5.41, 5.74) is 5.56. The fourth-order valence-corrected chi connectivity index (χ4v) is 4.65. The van der Waals surface area contributed by atoms with Crippen molar-refractivity contribution < 1.29 is 8.42 Å². The molecule has 0 amide bonds. The number of nitrogens with two attached hydrogens (primary N) is 1. The van der Waals surface area contributed by atoms with Crippen LogP contribution in [0.2, 0.25) is 0 Å². The van der Waals surface area contributed by atoms with Crippen LogP contribution in [0.5, 0.6) is 0 Å². The number of hydrogen-bond acceptors (Lipinski definition) is 4. The molecular weight excluding hydrogens is 280 g/mol. The molecule has 0 saturated heterocycles. The van der Waals surface area contributed by atoms with Gasteiger partial charge in [-0.2, -0.15) is 0 Å². The summed E-state index contributed by atoms with van der Waals surface area (Å²) in [4.78, 5) is 1.03. The van der Waals surface area contributed by atoms with Crippen molar-refractivity contribution in [2.45, 2.75) is 39.1 Å². The average molecular weight is 304 g/mol. The van der Waals surface area contributed by atoms with Gasteiger partial charge in [0.15, 0.2) is 0 Å².